The van der Waals surface area contributed by atoms with Gasteiger partial charge in [0, 0.05) is 33.9 Å². The molecule has 6 aromatic rings. The Hall–Kier alpha value is -5.08. The Morgan fingerprint density at radius 2 is 1.02 bits per heavy atom. The van der Waals surface area contributed by atoms with E-state index in [-0.39, 0.29) is 21.8 Å². The first-order valence-electron chi connectivity index (χ1n) is 20.0. The number of rotatable bonds is 6. The Labute approximate surface area is 324 Å². The predicted molar refractivity (Wildman–Crippen MR) is 232 cm³/mol. The minimum atomic E-state index is -0.0659. The lowest BCUT2D eigenvalue weighted by Crippen LogP contribution is -2.54. The molecule has 2 atom stereocenters. The minimum Gasteiger partial charge on any atom is -0.334 e. The van der Waals surface area contributed by atoms with E-state index in [0.29, 0.717) is 0 Å². The summed E-state index contributed by atoms with van der Waals surface area (Å²) < 4.78 is 0. The molecule has 54 heavy (non-hydrogen) atoms. The van der Waals surface area contributed by atoms with Crippen molar-refractivity contribution in [1.29, 1.82) is 0 Å². The first-order valence-corrected chi connectivity index (χ1v) is 20.0. The van der Waals surface area contributed by atoms with Gasteiger partial charge in [0.25, 0.3) is 0 Å². The van der Waals surface area contributed by atoms with E-state index in [4.69, 9.17) is 0 Å². The summed E-state index contributed by atoms with van der Waals surface area (Å²) in [6.45, 7) is 19.2. The highest BCUT2D eigenvalue weighted by Gasteiger charge is 2.58. The molecule has 0 aromatic heterocycles. The highest BCUT2D eigenvalue weighted by atomic mass is 15.3. The number of nitrogens with zero attached hydrogens (tertiary/aromatic N) is 2. The maximum absolute atomic E-state index is 2.76. The fourth-order valence-electron chi connectivity index (χ4n) is 9.25. The standard InChI is InChI=1S/C52H56N2/c1-49(2,3)41-27-28-48-47(35-41)51(7)29-15-16-30-52(51,8)54(48)46-34-42(50(4,5)6)33-45(36-46)53(43-25-17-23-39(31-43)37-19-11-9-12-20-37)44-26-18-24-40(32-44)38-21-13-10-14-22-38/h9-14,17-28,31-36H,15-16,29-30H2,1-8H3. The summed E-state index contributed by atoms with van der Waals surface area (Å²) in [5.74, 6) is 0. The highest BCUT2D eigenvalue weighted by Crippen LogP contribution is 2.61. The maximum atomic E-state index is 2.76. The normalized spacial score (nSPS) is 19.7. The highest BCUT2D eigenvalue weighted by molar-refractivity contribution is 5.86. The van der Waals surface area contributed by atoms with Crippen LogP contribution in [0.5, 0.6) is 0 Å². The van der Waals surface area contributed by atoms with Gasteiger partial charge in [-0.1, -0.05) is 158 Å². The first-order chi connectivity index (χ1) is 25.8. The van der Waals surface area contributed by atoms with Crippen LogP contribution in [0.1, 0.15) is 97.8 Å². The topological polar surface area (TPSA) is 6.48 Å². The molecule has 1 aliphatic heterocycles. The third-order valence-electron chi connectivity index (χ3n) is 12.7. The van der Waals surface area contributed by atoms with E-state index in [9.17, 15) is 0 Å². The van der Waals surface area contributed by atoms with Gasteiger partial charge >= 0.3 is 0 Å². The number of hydrogen-bond acceptors (Lipinski definition) is 2. The zero-order chi connectivity index (χ0) is 37.9. The lowest BCUT2D eigenvalue weighted by Gasteiger charge is -2.50. The Morgan fingerprint density at radius 1 is 0.481 bits per heavy atom. The van der Waals surface area contributed by atoms with Gasteiger partial charge in [0.15, 0.2) is 0 Å². The molecule has 2 aliphatic rings. The molecule has 0 N–H and O–H groups in total. The smallest absolute Gasteiger partial charge is 0.0517 e. The van der Waals surface area contributed by atoms with E-state index in [1.165, 1.54) is 81.7 Å². The van der Waals surface area contributed by atoms with Crippen LogP contribution >= 0.6 is 0 Å². The average molecular weight is 709 g/mol. The molecule has 0 bridgehead atoms. The second kappa shape index (κ2) is 13.3. The van der Waals surface area contributed by atoms with E-state index in [2.05, 4.69) is 211 Å². The summed E-state index contributed by atoms with van der Waals surface area (Å²) >= 11 is 0. The van der Waals surface area contributed by atoms with Crippen molar-refractivity contribution >= 4 is 28.4 Å². The molecular formula is C52H56N2. The summed E-state index contributed by atoms with van der Waals surface area (Å²) in [7, 11) is 0. The Balaban J connectivity index is 1.37. The molecule has 1 aliphatic carbocycles. The fourth-order valence-corrected chi connectivity index (χ4v) is 9.25. The molecular weight excluding hydrogens is 653 g/mol. The van der Waals surface area contributed by atoms with Crippen molar-refractivity contribution in [2.75, 3.05) is 9.80 Å². The van der Waals surface area contributed by atoms with Gasteiger partial charge in [-0.15, -0.1) is 0 Å². The van der Waals surface area contributed by atoms with Gasteiger partial charge in [-0.2, -0.15) is 0 Å². The second-order valence-corrected chi connectivity index (χ2v) is 18.3. The van der Waals surface area contributed by atoms with E-state index in [1.54, 1.807) is 0 Å². The molecule has 8 rings (SSSR count). The largest absolute Gasteiger partial charge is 0.334 e. The Kier molecular flexibility index (Phi) is 8.88. The molecule has 0 saturated heterocycles. The number of anilines is 5. The zero-order valence-electron chi connectivity index (χ0n) is 33.6. The van der Waals surface area contributed by atoms with Crippen LogP contribution < -0.4 is 9.80 Å². The molecule has 2 nitrogen and oxygen atoms in total. The average Bonchev–Trinajstić information content (AvgIpc) is 3.38. The van der Waals surface area contributed by atoms with Gasteiger partial charge in [0.05, 0.1) is 5.54 Å². The van der Waals surface area contributed by atoms with Gasteiger partial charge in [-0.05, 0) is 118 Å². The van der Waals surface area contributed by atoms with Crippen LogP contribution in [0.3, 0.4) is 0 Å². The van der Waals surface area contributed by atoms with Crippen LogP contribution in [0.15, 0.2) is 146 Å². The second-order valence-electron chi connectivity index (χ2n) is 18.3. The number of fused-ring (bicyclic) bond motifs is 3. The molecule has 1 fully saturated rings. The lowest BCUT2D eigenvalue weighted by molar-refractivity contribution is 0.194. The van der Waals surface area contributed by atoms with Gasteiger partial charge in [0.1, 0.15) is 0 Å². The molecule has 2 heteroatoms. The molecule has 6 aromatic carbocycles. The van der Waals surface area contributed by atoms with Crippen molar-refractivity contribution in [2.24, 2.45) is 0 Å². The fraction of sp³-hybridized carbons (Fsp3) is 0.308. The van der Waals surface area contributed by atoms with Gasteiger partial charge in [-0.25, -0.2) is 0 Å². The van der Waals surface area contributed by atoms with Crippen molar-refractivity contribution < 1.29 is 0 Å². The number of benzene rings is 6. The molecule has 0 radical (unpaired) electrons. The summed E-state index contributed by atoms with van der Waals surface area (Å²) in [6.07, 6.45) is 4.89. The monoisotopic (exact) mass is 708 g/mol. The summed E-state index contributed by atoms with van der Waals surface area (Å²) in [5.41, 5.74) is 15.2. The molecule has 0 amide bonds. The first kappa shape index (κ1) is 35.9. The van der Waals surface area contributed by atoms with Crippen molar-refractivity contribution in [3.63, 3.8) is 0 Å². The van der Waals surface area contributed by atoms with E-state index in [1.807, 2.05) is 0 Å². The number of hydrogen-bond donors (Lipinski definition) is 0. The minimum absolute atomic E-state index is 0.0491. The van der Waals surface area contributed by atoms with E-state index < -0.39 is 0 Å². The van der Waals surface area contributed by atoms with Crippen molar-refractivity contribution in [3.8, 4) is 22.3 Å². The van der Waals surface area contributed by atoms with Crippen LogP contribution in [-0.4, -0.2) is 5.54 Å². The molecule has 1 heterocycles. The third-order valence-corrected chi connectivity index (χ3v) is 12.7. The predicted octanol–water partition coefficient (Wildman–Crippen LogP) is 14.8. The summed E-state index contributed by atoms with van der Waals surface area (Å²) in [4.78, 5) is 5.24. The van der Waals surface area contributed by atoms with Crippen LogP contribution in [0.4, 0.5) is 28.4 Å². The van der Waals surface area contributed by atoms with E-state index in [0.717, 1.165) is 11.4 Å². The SMILES string of the molecule is CC(C)(C)c1cc(N(c2cccc(-c3ccccc3)c2)c2cccc(-c3ccccc3)c2)cc(N2c3ccc(C(C)(C)C)cc3C3(C)CCCCC23C)c1. The Bertz CT molecular complexity index is 2210. The molecule has 274 valence electrons. The third kappa shape index (κ3) is 6.24. The van der Waals surface area contributed by atoms with Crippen molar-refractivity contribution in [2.45, 2.75) is 103 Å². The molecule has 0 spiro atoms. The van der Waals surface area contributed by atoms with Crippen LogP contribution in [0.25, 0.3) is 22.3 Å². The van der Waals surface area contributed by atoms with Crippen LogP contribution in [0.2, 0.25) is 0 Å². The molecule has 1 saturated carbocycles. The maximum Gasteiger partial charge on any atom is 0.0517 e. The molecule has 2 unspecified atom stereocenters. The Morgan fingerprint density at radius 3 is 1.57 bits per heavy atom. The van der Waals surface area contributed by atoms with Gasteiger partial charge in [0.2, 0.25) is 0 Å². The van der Waals surface area contributed by atoms with Crippen LogP contribution in [-0.2, 0) is 16.2 Å². The van der Waals surface area contributed by atoms with Crippen molar-refractivity contribution in [3.05, 3.63) is 162 Å². The van der Waals surface area contributed by atoms with Crippen molar-refractivity contribution in [1.82, 2.24) is 0 Å². The zero-order valence-corrected chi connectivity index (χ0v) is 33.6. The van der Waals surface area contributed by atoms with E-state index >= 15 is 0 Å². The lowest BCUT2D eigenvalue weighted by atomic mass is 9.61. The summed E-state index contributed by atoms with van der Waals surface area (Å²) in [6, 6.07) is 54.4. The summed E-state index contributed by atoms with van der Waals surface area (Å²) in [5, 5.41) is 0. The van der Waals surface area contributed by atoms with Gasteiger partial charge < -0.3 is 9.80 Å². The van der Waals surface area contributed by atoms with Gasteiger partial charge in [-0.3, -0.25) is 0 Å². The quantitative estimate of drug-likeness (QED) is 0.170. The van der Waals surface area contributed by atoms with Crippen LogP contribution in [0, 0.1) is 0 Å².